The molecule has 54 heavy (non-hydrogen) atoms. The number of hydrogen-bond acceptors (Lipinski definition) is 12. The highest BCUT2D eigenvalue weighted by molar-refractivity contribution is 6.04. The summed E-state index contributed by atoms with van der Waals surface area (Å²) < 4.78 is 25.9. The molecule has 0 spiro atoms. The second kappa shape index (κ2) is 15.8. The van der Waals surface area contributed by atoms with Crippen LogP contribution >= 0.6 is 0 Å². The lowest BCUT2D eigenvalue weighted by Gasteiger charge is -2.25. The topological polar surface area (TPSA) is 164 Å². The van der Waals surface area contributed by atoms with E-state index >= 15 is 0 Å². The maximum atomic E-state index is 13.7. The smallest absolute Gasteiger partial charge is 0.338 e. The summed E-state index contributed by atoms with van der Waals surface area (Å²) in [4.78, 5) is 69.0. The van der Waals surface area contributed by atoms with E-state index in [-0.39, 0.29) is 29.3 Å². The second-order valence-corrected chi connectivity index (χ2v) is 12.4. The first-order valence-corrected chi connectivity index (χ1v) is 16.9. The van der Waals surface area contributed by atoms with Crippen LogP contribution in [0.5, 0.6) is 0 Å². The van der Waals surface area contributed by atoms with E-state index in [1.54, 1.807) is 140 Å². The zero-order valence-corrected chi connectivity index (χ0v) is 29.1. The molecule has 1 fully saturated rings. The monoisotopic (exact) mass is 726 g/mol. The van der Waals surface area contributed by atoms with Gasteiger partial charge in [0.05, 0.1) is 23.0 Å². The Hall–Kier alpha value is -6.93. The minimum atomic E-state index is -1.32. The standard InChI is InChI=1S/C40H34N6O8/c1-45(2)33-30-34(43-40(42-33)44-35(47)25-15-7-3-8-16-25)46(24-41-30)36-32(54-39(50)28-21-13-6-14-22-28)31(53-38(49)27-19-11-5-12-20-27)29(52-36)23-51-37(48)26-17-9-4-10-18-26/h3-22,24,29,31-32,36H,23H2,1-2H3,(H,42,43,44,47)/t29-,31-,32-,36-/m1/s1. The first-order valence-electron chi connectivity index (χ1n) is 16.9. The minimum Gasteiger partial charge on any atom is -0.459 e. The molecule has 0 bridgehead atoms. The van der Waals surface area contributed by atoms with Crippen LogP contribution in [-0.4, -0.2) is 82.3 Å². The molecule has 4 atom stereocenters. The van der Waals surface area contributed by atoms with Gasteiger partial charge >= 0.3 is 17.9 Å². The summed E-state index contributed by atoms with van der Waals surface area (Å²) >= 11 is 0. The molecule has 1 N–H and O–H groups in total. The molecule has 2 aromatic heterocycles. The number of aromatic nitrogens is 4. The number of anilines is 2. The molecule has 1 saturated heterocycles. The number of fused-ring (bicyclic) bond motifs is 1. The Morgan fingerprint density at radius 1 is 0.685 bits per heavy atom. The van der Waals surface area contributed by atoms with Gasteiger partial charge < -0.3 is 23.8 Å². The molecule has 7 rings (SSSR count). The highest BCUT2D eigenvalue weighted by Crippen LogP contribution is 2.38. The number of rotatable bonds is 11. The third-order valence-corrected chi connectivity index (χ3v) is 8.54. The molecule has 14 heteroatoms. The molecule has 0 radical (unpaired) electrons. The number of imidazole rings is 1. The Balaban J connectivity index is 1.30. The number of hydrogen-bond donors (Lipinski definition) is 1. The number of nitrogens with zero attached hydrogens (tertiary/aromatic N) is 5. The number of carbonyl (C=O) groups is 4. The Kier molecular flexibility index (Phi) is 10.3. The number of nitrogens with one attached hydrogen (secondary N) is 1. The summed E-state index contributed by atoms with van der Waals surface area (Å²) in [5.41, 5.74) is 1.72. The summed E-state index contributed by atoms with van der Waals surface area (Å²) in [5, 5.41) is 2.75. The van der Waals surface area contributed by atoms with Crippen LogP contribution in [0.15, 0.2) is 128 Å². The maximum Gasteiger partial charge on any atom is 0.338 e. The van der Waals surface area contributed by atoms with Gasteiger partial charge in [0.2, 0.25) is 5.95 Å². The van der Waals surface area contributed by atoms with E-state index in [2.05, 4.69) is 20.3 Å². The Bertz CT molecular complexity index is 2270. The van der Waals surface area contributed by atoms with Crippen molar-refractivity contribution in [1.82, 2.24) is 19.5 Å². The molecular weight excluding hydrogens is 692 g/mol. The predicted octanol–water partition coefficient (Wildman–Crippen LogP) is 5.35. The summed E-state index contributed by atoms with van der Waals surface area (Å²) in [7, 11) is 3.52. The van der Waals surface area contributed by atoms with Crippen molar-refractivity contribution < 1.29 is 38.1 Å². The highest BCUT2D eigenvalue weighted by atomic mass is 16.7. The second-order valence-electron chi connectivity index (χ2n) is 12.4. The van der Waals surface area contributed by atoms with Crippen molar-refractivity contribution in [2.45, 2.75) is 24.5 Å². The van der Waals surface area contributed by atoms with Crippen LogP contribution in [0.3, 0.4) is 0 Å². The minimum absolute atomic E-state index is 0.0296. The fourth-order valence-electron chi connectivity index (χ4n) is 5.90. The Labute approximate surface area is 309 Å². The van der Waals surface area contributed by atoms with Crippen LogP contribution in [-0.2, 0) is 18.9 Å². The number of esters is 3. The van der Waals surface area contributed by atoms with E-state index in [0.29, 0.717) is 22.5 Å². The van der Waals surface area contributed by atoms with Crippen LogP contribution in [0.1, 0.15) is 47.7 Å². The number of ether oxygens (including phenoxy) is 4. The van der Waals surface area contributed by atoms with E-state index < -0.39 is 48.4 Å². The van der Waals surface area contributed by atoms with Crippen molar-refractivity contribution in [3.8, 4) is 0 Å². The lowest BCUT2D eigenvalue weighted by Crippen LogP contribution is -2.41. The van der Waals surface area contributed by atoms with Gasteiger partial charge in [0.25, 0.3) is 5.91 Å². The zero-order valence-electron chi connectivity index (χ0n) is 29.1. The lowest BCUT2D eigenvalue weighted by atomic mass is 10.1. The van der Waals surface area contributed by atoms with Crippen molar-refractivity contribution in [1.29, 1.82) is 0 Å². The van der Waals surface area contributed by atoms with Crippen LogP contribution in [0.2, 0.25) is 0 Å². The van der Waals surface area contributed by atoms with E-state index in [1.807, 2.05) is 0 Å². The molecule has 14 nitrogen and oxygen atoms in total. The van der Waals surface area contributed by atoms with Gasteiger partial charge in [0.15, 0.2) is 35.4 Å². The van der Waals surface area contributed by atoms with Gasteiger partial charge in [-0.2, -0.15) is 9.97 Å². The maximum absolute atomic E-state index is 13.7. The number of carbonyl (C=O) groups excluding carboxylic acids is 4. The summed E-state index contributed by atoms with van der Waals surface area (Å²) in [6, 6.07) is 33.6. The molecule has 6 aromatic rings. The molecular formula is C40H34N6O8. The van der Waals surface area contributed by atoms with Gasteiger partial charge in [-0.1, -0.05) is 72.8 Å². The SMILES string of the molecule is CN(C)c1nc(NC(=O)c2ccccc2)nc2c1ncn2[C@@H]1O[C@H](COC(=O)c2ccccc2)[C@@H](OC(=O)c2ccccc2)[C@H]1OC(=O)c1ccccc1. The van der Waals surface area contributed by atoms with Gasteiger partial charge in [0, 0.05) is 19.7 Å². The van der Waals surface area contributed by atoms with Crippen molar-refractivity contribution in [3.63, 3.8) is 0 Å². The van der Waals surface area contributed by atoms with Crippen LogP contribution < -0.4 is 10.2 Å². The van der Waals surface area contributed by atoms with Gasteiger partial charge in [0.1, 0.15) is 12.7 Å². The molecule has 1 aliphatic heterocycles. The molecule has 0 unspecified atom stereocenters. The third-order valence-electron chi connectivity index (χ3n) is 8.54. The first kappa shape index (κ1) is 35.5. The summed E-state index contributed by atoms with van der Waals surface area (Å²) in [5.74, 6) is -2.17. The van der Waals surface area contributed by atoms with E-state index in [4.69, 9.17) is 18.9 Å². The fraction of sp³-hybridized carbons (Fsp3) is 0.175. The molecule has 1 aliphatic rings. The van der Waals surface area contributed by atoms with E-state index in [0.717, 1.165) is 0 Å². The van der Waals surface area contributed by atoms with E-state index in [9.17, 15) is 19.2 Å². The quantitative estimate of drug-likeness (QED) is 0.135. The first-order chi connectivity index (χ1) is 26.3. The van der Waals surface area contributed by atoms with E-state index in [1.165, 1.54) is 10.9 Å². The largest absolute Gasteiger partial charge is 0.459 e. The molecule has 0 saturated carbocycles. The fourth-order valence-corrected chi connectivity index (χ4v) is 5.90. The molecule has 3 heterocycles. The lowest BCUT2D eigenvalue weighted by molar-refractivity contribution is -0.0606. The van der Waals surface area contributed by atoms with Crippen molar-refractivity contribution in [3.05, 3.63) is 150 Å². The number of amides is 1. The van der Waals surface area contributed by atoms with Gasteiger partial charge in [-0.3, -0.25) is 14.7 Å². The highest BCUT2D eigenvalue weighted by Gasteiger charge is 2.52. The Morgan fingerprint density at radius 2 is 1.19 bits per heavy atom. The normalized spacial score (nSPS) is 17.7. The van der Waals surface area contributed by atoms with Crippen molar-refractivity contribution >= 4 is 46.7 Å². The van der Waals surface area contributed by atoms with Crippen LogP contribution in [0.25, 0.3) is 11.2 Å². The molecule has 1 amide bonds. The molecule has 0 aliphatic carbocycles. The summed E-state index contributed by atoms with van der Waals surface area (Å²) in [6.45, 7) is -0.376. The van der Waals surface area contributed by atoms with Gasteiger partial charge in [-0.05, 0) is 48.5 Å². The molecule has 4 aromatic carbocycles. The third kappa shape index (κ3) is 7.64. The number of benzene rings is 4. The predicted molar refractivity (Wildman–Crippen MR) is 196 cm³/mol. The zero-order chi connectivity index (χ0) is 37.6. The Morgan fingerprint density at radius 3 is 1.72 bits per heavy atom. The van der Waals surface area contributed by atoms with Gasteiger partial charge in [-0.25, -0.2) is 19.4 Å². The van der Waals surface area contributed by atoms with Crippen molar-refractivity contribution in [2.24, 2.45) is 0 Å². The average molecular weight is 727 g/mol. The van der Waals surface area contributed by atoms with Crippen LogP contribution in [0.4, 0.5) is 11.8 Å². The van der Waals surface area contributed by atoms with Crippen LogP contribution in [0, 0.1) is 0 Å². The molecule has 272 valence electrons. The van der Waals surface area contributed by atoms with Crippen molar-refractivity contribution in [2.75, 3.05) is 30.9 Å². The van der Waals surface area contributed by atoms with Gasteiger partial charge in [-0.15, -0.1) is 0 Å². The summed E-state index contributed by atoms with van der Waals surface area (Å²) in [6.07, 6.45) is -3.53. The average Bonchev–Trinajstić information content (AvgIpc) is 3.78.